The zero-order chi connectivity index (χ0) is 15.4. The van der Waals surface area contributed by atoms with Gasteiger partial charge < -0.3 is 10.2 Å². The van der Waals surface area contributed by atoms with Gasteiger partial charge in [-0.1, -0.05) is 0 Å². The third-order valence-electron chi connectivity index (χ3n) is 2.55. The van der Waals surface area contributed by atoms with E-state index in [0.29, 0.717) is 0 Å². The van der Waals surface area contributed by atoms with E-state index < -0.39 is 11.0 Å². The first kappa shape index (κ1) is 14.5. The van der Waals surface area contributed by atoms with E-state index in [1.165, 1.54) is 29.2 Å². The van der Waals surface area contributed by atoms with Crippen LogP contribution in [0.1, 0.15) is 17.5 Å². The summed E-state index contributed by atoms with van der Waals surface area (Å²) in [6.07, 6.45) is 0.192. The van der Waals surface area contributed by atoms with Crippen LogP contribution in [-0.4, -0.2) is 48.1 Å². The maximum absolute atomic E-state index is 10.6. The monoisotopic (exact) mass is 292 g/mol. The van der Waals surface area contributed by atoms with E-state index in [1.54, 1.807) is 7.05 Å². The first-order chi connectivity index (χ1) is 9.97. The average molecular weight is 292 g/mol. The molecule has 0 amide bonds. The van der Waals surface area contributed by atoms with Crippen molar-refractivity contribution in [2.24, 2.45) is 12.0 Å². The van der Waals surface area contributed by atoms with Crippen molar-refractivity contribution in [2.75, 3.05) is 6.54 Å². The third-order valence-corrected chi connectivity index (χ3v) is 2.55. The zero-order valence-corrected chi connectivity index (χ0v) is 11.0. The Morgan fingerprint density at radius 1 is 1.57 bits per heavy atom. The number of aromatic hydroxyl groups is 1. The molecule has 2 rings (SSSR count). The summed E-state index contributed by atoms with van der Waals surface area (Å²) < 4.78 is 0. The molecule has 0 radical (unpaired) electrons. The van der Waals surface area contributed by atoms with E-state index in [9.17, 15) is 20.3 Å². The van der Waals surface area contributed by atoms with E-state index in [0.717, 1.165) is 0 Å². The Kier molecular flexibility index (Phi) is 4.18. The number of benzene rings is 1. The molecule has 0 aliphatic rings. The van der Waals surface area contributed by atoms with Gasteiger partial charge in [0.15, 0.2) is 0 Å². The summed E-state index contributed by atoms with van der Waals surface area (Å²) in [6, 6.07) is 3.58. The van der Waals surface area contributed by atoms with Gasteiger partial charge in [-0.15, -0.1) is 10.2 Å². The highest BCUT2D eigenvalue weighted by Crippen LogP contribution is 2.21. The zero-order valence-electron chi connectivity index (χ0n) is 11.0. The maximum Gasteiger partial charge on any atom is 0.270 e. The number of hydrogen-bond acceptors (Lipinski definition) is 8. The molecule has 2 N–H and O–H groups in total. The van der Waals surface area contributed by atoms with E-state index in [1.807, 2.05) is 0 Å². The minimum absolute atomic E-state index is 0.0617. The highest BCUT2D eigenvalue weighted by Gasteiger charge is 2.13. The normalized spacial score (nSPS) is 12.7. The fourth-order valence-corrected chi connectivity index (χ4v) is 1.52. The molecule has 0 bridgehead atoms. The van der Waals surface area contributed by atoms with Crippen LogP contribution in [0.2, 0.25) is 0 Å². The SMILES string of the molecule is Cn1nnc([C@@H](O)CN=Cc2cc([N+](=O)[O-])ccc2O)n1. The lowest BCUT2D eigenvalue weighted by molar-refractivity contribution is -0.384. The Morgan fingerprint density at radius 3 is 2.95 bits per heavy atom. The Hall–Kier alpha value is -2.88. The number of non-ortho nitro benzene ring substituents is 1. The number of aliphatic hydroxyl groups excluding tert-OH is 1. The van der Waals surface area contributed by atoms with Crippen molar-refractivity contribution in [3.05, 3.63) is 39.7 Å². The second-order valence-electron chi connectivity index (χ2n) is 4.15. The first-order valence-electron chi connectivity index (χ1n) is 5.86. The number of nitro groups is 1. The number of aliphatic imine (C=N–C) groups is 1. The van der Waals surface area contributed by atoms with Gasteiger partial charge in [0.25, 0.3) is 5.69 Å². The summed E-state index contributed by atoms with van der Waals surface area (Å²) in [4.78, 5) is 15.2. The van der Waals surface area contributed by atoms with Crippen molar-refractivity contribution in [3.63, 3.8) is 0 Å². The van der Waals surface area contributed by atoms with Gasteiger partial charge in [0.1, 0.15) is 11.9 Å². The van der Waals surface area contributed by atoms with Gasteiger partial charge in [-0.05, 0) is 11.3 Å². The van der Waals surface area contributed by atoms with Crippen molar-refractivity contribution in [1.82, 2.24) is 20.2 Å². The molecule has 10 heteroatoms. The molecular formula is C11H12N6O4. The summed E-state index contributed by atoms with van der Waals surface area (Å²) in [5.74, 6) is -0.0191. The molecule has 0 aliphatic carbocycles. The fourth-order valence-electron chi connectivity index (χ4n) is 1.52. The van der Waals surface area contributed by atoms with Gasteiger partial charge in [-0.25, -0.2) is 0 Å². The molecule has 0 aliphatic heterocycles. The van der Waals surface area contributed by atoms with Gasteiger partial charge in [0, 0.05) is 23.9 Å². The summed E-state index contributed by atoms with van der Waals surface area (Å²) in [6.45, 7) is -0.0617. The molecule has 1 aromatic heterocycles. The number of nitro benzene ring substituents is 1. The lowest BCUT2D eigenvalue weighted by Crippen LogP contribution is -2.05. The lowest BCUT2D eigenvalue weighted by Gasteiger charge is -2.02. The highest BCUT2D eigenvalue weighted by atomic mass is 16.6. The van der Waals surface area contributed by atoms with Crippen LogP contribution in [-0.2, 0) is 7.05 Å². The summed E-state index contributed by atoms with van der Waals surface area (Å²) in [7, 11) is 1.56. The molecule has 0 unspecified atom stereocenters. The average Bonchev–Trinajstić information content (AvgIpc) is 2.87. The Bertz CT molecular complexity index is 683. The smallest absolute Gasteiger partial charge is 0.270 e. The predicted molar refractivity (Wildman–Crippen MR) is 71.0 cm³/mol. The lowest BCUT2D eigenvalue weighted by atomic mass is 10.2. The Labute approximate surface area is 118 Å². The second kappa shape index (κ2) is 6.05. The van der Waals surface area contributed by atoms with Crippen molar-refractivity contribution < 1.29 is 15.1 Å². The number of nitrogens with zero attached hydrogens (tertiary/aromatic N) is 6. The number of aromatic nitrogens is 4. The van der Waals surface area contributed by atoms with Crippen molar-refractivity contribution in [1.29, 1.82) is 0 Å². The summed E-state index contributed by atoms with van der Waals surface area (Å²) in [5, 5.41) is 41.0. The number of phenols is 1. The molecule has 1 aromatic carbocycles. The van der Waals surface area contributed by atoms with Crippen molar-refractivity contribution in [3.8, 4) is 5.75 Å². The standard InChI is InChI=1S/C11H12N6O4/c1-16-14-11(13-15-16)10(19)6-12-5-7-4-8(17(20)21)2-3-9(7)18/h2-5,10,18-19H,6H2,1H3/t10-/m0/s1. The molecule has 0 spiro atoms. The van der Waals surface area contributed by atoms with E-state index >= 15 is 0 Å². The minimum Gasteiger partial charge on any atom is -0.507 e. The summed E-state index contributed by atoms with van der Waals surface area (Å²) >= 11 is 0. The number of aliphatic hydroxyl groups is 1. The van der Waals surface area contributed by atoms with Crippen LogP contribution in [0.5, 0.6) is 5.75 Å². The van der Waals surface area contributed by atoms with Crippen LogP contribution in [0.15, 0.2) is 23.2 Å². The number of rotatable bonds is 5. The largest absolute Gasteiger partial charge is 0.507 e. The van der Waals surface area contributed by atoms with E-state index in [2.05, 4.69) is 20.4 Å². The molecule has 1 atom stereocenters. The molecule has 0 saturated heterocycles. The van der Waals surface area contributed by atoms with Crippen molar-refractivity contribution in [2.45, 2.75) is 6.10 Å². The topological polar surface area (TPSA) is 140 Å². The van der Waals surface area contributed by atoms with Crippen LogP contribution in [0.4, 0.5) is 5.69 Å². The third kappa shape index (κ3) is 3.57. The number of tetrazole rings is 1. The van der Waals surface area contributed by atoms with Crippen LogP contribution in [0.3, 0.4) is 0 Å². The maximum atomic E-state index is 10.6. The van der Waals surface area contributed by atoms with Gasteiger partial charge in [0.05, 0.1) is 18.5 Å². The van der Waals surface area contributed by atoms with E-state index in [-0.39, 0.29) is 29.4 Å². The van der Waals surface area contributed by atoms with Gasteiger partial charge >= 0.3 is 0 Å². The molecule has 2 aromatic rings. The molecule has 110 valence electrons. The van der Waals surface area contributed by atoms with Gasteiger partial charge in [0.2, 0.25) is 5.82 Å². The quantitative estimate of drug-likeness (QED) is 0.448. The molecule has 10 nitrogen and oxygen atoms in total. The molecule has 1 heterocycles. The van der Waals surface area contributed by atoms with Crippen LogP contribution >= 0.6 is 0 Å². The number of hydrogen-bond donors (Lipinski definition) is 2. The van der Waals surface area contributed by atoms with Gasteiger partial charge in [-0.2, -0.15) is 4.80 Å². The van der Waals surface area contributed by atoms with Crippen LogP contribution < -0.4 is 0 Å². The minimum atomic E-state index is -1.05. The highest BCUT2D eigenvalue weighted by molar-refractivity contribution is 5.84. The molecule has 0 saturated carbocycles. The Morgan fingerprint density at radius 2 is 2.33 bits per heavy atom. The molecular weight excluding hydrogens is 280 g/mol. The molecule has 0 fully saturated rings. The first-order valence-corrected chi connectivity index (χ1v) is 5.86. The predicted octanol–water partition coefficient (Wildman–Crippen LogP) is -0.0236. The van der Waals surface area contributed by atoms with E-state index in [4.69, 9.17) is 0 Å². The number of aryl methyl sites for hydroxylation is 1. The summed E-state index contributed by atoms with van der Waals surface area (Å²) in [5.41, 5.74) is 0.0221. The van der Waals surface area contributed by atoms with Crippen LogP contribution in [0, 0.1) is 10.1 Å². The Balaban J connectivity index is 2.07. The molecule has 21 heavy (non-hydrogen) atoms. The van der Waals surface area contributed by atoms with Crippen LogP contribution in [0.25, 0.3) is 0 Å². The van der Waals surface area contributed by atoms with Crippen molar-refractivity contribution >= 4 is 11.9 Å². The van der Waals surface area contributed by atoms with Gasteiger partial charge in [-0.3, -0.25) is 15.1 Å². The second-order valence-corrected chi connectivity index (χ2v) is 4.15. The number of phenolic OH excluding ortho intramolecular Hbond substituents is 1. The fraction of sp³-hybridized carbons (Fsp3) is 0.273.